The number of ether oxygens (including phenoxy) is 4. The third-order valence-electron chi connectivity index (χ3n) is 5.20. The number of hydrogen-bond acceptors (Lipinski definition) is 10. The van der Waals surface area contributed by atoms with Crippen molar-refractivity contribution in [1.82, 2.24) is 9.97 Å². The summed E-state index contributed by atoms with van der Waals surface area (Å²) in [6.07, 6.45) is 3.26. The minimum absolute atomic E-state index is 0.399. The summed E-state index contributed by atoms with van der Waals surface area (Å²) in [5.41, 5.74) is 8.85. The lowest BCUT2D eigenvalue weighted by atomic mass is 10.2. The second-order valence-electron chi connectivity index (χ2n) is 7.37. The van der Waals surface area contributed by atoms with Gasteiger partial charge in [0.15, 0.2) is 11.6 Å². The molecule has 2 N–H and O–H groups in total. The number of benzene rings is 3. The topological polar surface area (TPSA) is 111 Å². The predicted octanol–water partition coefficient (Wildman–Crippen LogP) is 4.56. The first-order valence-corrected chi connectivity index (χ1v) is 10.9. The van der Waals surface area contributed by atoms with Gasteiger partial charge in [-0.3, -0.25) is 10.9 Å². The van der Waals surface area contributed by atoms with Crippen LogP contribution in [0.1, 0.15) is 11.1 Å². The third-order valence-corrected chi connectivity index (χ3v) is 5.20. The predicted molar refractivity (Wildman–Crippen MR) is 141 cm³/mol. The van der Waals surface area contributed by atoms with E-state index in [-0.39, 0.29) is 0 Å². The van der Waals surface area contributed by atoms with E-state index in [9.17, 15) is 0 Å². The first-order chi connectivity index (χ1) is 17.6. The summed E-state index contributed by atoms with van der Waals surface area (Å²) in [6, 6.07) is 18.5. The first kappa shape index (κ1) is 24.3. The Morgan fingerprint density at radius 3 is 1.44 bits per heavy atom. The zero-order valence-corrected chi connectivity index (χ0v) is 20.4. The van der Waals surface area contributed by atoms with Crippen LogP contribution in [-0.2, 0) is 0 Å². The minimum Gasteiger partial charge on any atom is -0.497 e. The molecule has 0 unspecified atom stereocenters. The molecule has 0 aliphatic carbocycles. The van der Waals surface area contributed by atoms with Crippen molar-refractivity contribution in [3.63, 3.8) is 0 Å². The van der Waals surface area contributed by atoms with Crippen LogP contribution in [0.4, 0.5) is 11.6 Å². The quantitative estimate of drug-likeness (QED) is 0.248. The Morgan fingerprint density at radius 1 is 0.611 bits per heavy atom. The fourth-order valence-electron chi connectivity index (χ4n) is 3.33. The molecule has 0 bridgehead atoms. The van der Waals surface area contributed by atoms with Gasteiger partial charge in [-0.25, -0.2) is 9.97 Å². The molecule has 1 heterocycles. The average Bonchev–Trinajstić information content (AvgIpc) is 2.93. The van der Waals surface area contributed by atoms with E-state index in [1.54, 1.807) is 53.0 Å². The molecule has 0 atom stereocenters. The highest BCUT2D eigenvalue weighted by atomic mass is 16.5. The molecule has 0 amide bonds. The monoisotopic (exact) mass is 486 g/mol. The van der Waals surface area contributed by atoms with Crippen LogP contribution in [0.3, 0.4) is 0 Å². The third kappa shape index (κ3) is 5.61. The molecular weight excluding hydrogens is 460 g/mol. The van der Waals surface area contributed by atoms with Gasteiger partial charge in [-0.05, 0) is 36.4 Å². The van der Waals surface area contributed by atoms with Gasteiger partial charge < -0.3 is 18.9 Å². The van der Waals surface area contributed by atoms with E-state index in [0.29, 0.717) is 45.7 Å². The van der Waals surface area contributed by atoms with Gasteiger partial charge >= 0.3 is 0 Å². The summed E-state index contributed by atoms with van der Waals surface area (Å²) in [4.78, 5) is 9.28. The lowest BCUT2D eigenvalue weighted by molar-refractivity contribution is 0.393. The number of hydrogen-bond donors (Lipinski definition) is 2. The van der Waals surface area contributed by atoms with E-state index in [2.05, 4.69) is 31.0 Å². The van der Waals surface area contributed by atoms with E-state index in [0.717, 1.165) is 11.1 Å². The maximum atomic E-state index is 5.42. The smallest absolute Gasteiger partial charge is 0.192 e. The van der Waals surface area contributed by atoms with Crippen LogP contribution >= 0.6 is 0 Å². The molecule has 0 saturated heterocycles. The Kier molecular flexibility index (Phi) is 7.76. The molecule has 4 aromatic rings. The molecule has 3 aromatic carbocycles. The highest BCUT2D eigenvalue weighted by Crippen LogP contribution is 2.25. The number of aromatic nitrogens is 2. The zero-order chi connectivity index (χ0) is 25.3. The number of fused-ring (bicyclic) bond motifs is 1. The van der Waals surface area contributed by atoms with Gasteiger partial charge in [-0.2, -0.15) is 10.2 Å². The molecule has 0 radical (unpaired) electrons. The molecule has 0 spiro atoms. The average molecular weight is 487 g/mol. The molecule has 4 rings (SSSR count). The SMILES string of the molecule is COc1ccc(/C=N\Nc2nc3ccccc3nc2N/N=C\c2ccc(OC)cc2OC)c(OC)c1. The number of anilines is 2. The van der Waals surface area contributed by atoms with Crippen molar-refractivity contribution in [2.24, 2.45) is 10.2 Å². The van der Waals surface area contributed by atoms with Crippen LogP contribution in [0.25, 0.3) is 11.0 Å². The molecule has 0 saturated carbocycles. The van der Waals surface area contributed by atoms with E-state index < -0.39 is 0 Å². The van der Waals surface area contributed by atoms with Gasteiger partial charge in [0.25, 0.3) is 0 Å². The highest BCUT2D eigenvalue weighted by molar-refractivity contribution is 5.86. The van der Waals surface area contributed by atoms with Crippen molar-refractivity contribution in [3.05, 3.63) is 71.8 Å². The van der Waals surface area contributed by atoms with Crippen molar-refractivity contribution in [2.45, 2.75) is 0 Å². The second kappa shape index (κ2) is 11.5. The van der Waals surface area contributed by atoms with Gasteiger partial charge in [-0.1, -0.05) is 12.1 Å². The summed E-state index contributed by atoms with van der Waals surface area (Å²) < 4.78 is 21.3. The summed E-state index contributed by atoms with van der Waals surface area (Å²) >= 11 is 0. The molecule has 1 aromatic heterocycles. The molecule has 184 valence electrons. The lowest BCUT2D eigenvalue weighted by Crippen LogP contribution is -2.03. The van der Waals surface area contributed by atoms with Crippen molar-refractivity contribution in [3.8, 4) is 23.0 Å². The van der Waals surface area contributed by atoms with Crippen molar-refractivity contribution in [1.29, 1.82) is 0 Å². The van der Waals surface area contributed by atoms with Crippen LogP contribution in [0.2, 0.25) is 0 Å². The molecule has 10 nitrogen and oxygen atoms in total. The van der Waals surface area contributed by atoms with E-state index in [4.69, 9.17) is 18.9 Å². The fourth-order valence-corrected chi connectivity index (χ4v) is 3.33. The van der Waals surface area contributed by atoms with Crippen molar-refractivity contribution >= 4 is 35.1 Å². The molecule has 36 heavy (non-hydrogen) atoms. The van der Waals surface area contributed by atoms with Gasteiger partial charge in [-0.15, -0.1) is 0 Å². The molecule has 10 heteroatoms. The Hall–Kier alpha value is -4.86. The standard InChI is InChI=1S/C26H26N6O4/c1-33-19-11-9-17(23(13-19)35-3)15-27-31-25-26(30-22-8-6-5-7-21(22)29-25)32-28-16-18-10-12-20(34-2)14-24(18)36-4/h5-16H,1-4H3,(H,29,31)(H,30,32)/b27-15-,28-16-. The van der Waals surface area contributed by atoms with Crippen LogP contribution in [0.5, 0.6) is 23.0 Å². The number of nitrogens with one attached hydrogen (secondary N) is 2. The molecular formula is C26H26N6O4. The van der Waals surface area contributed by atoms with Crippen molar-refractivity contribution in [2.75, 3.05) is 39.3 Å². The first-order valence-electron chi connectivity index (χ1n) is 10.9. The summed E-state index contributed by atoms with van der Waals surface area (Å²) in [7, 11) is 6.38. The normalized spacial score (nSPS) is 11.1. The largest absolute Gasteiger partial charge is 0.497 e. The number of para-hydroxylation sites is 2. The zero-order valence-electron chi connectivity index (χ0n) is 20.4. The summed E-state index contributed by atoms with van der Waals surface area (Å²) in [5.74, 6) is 3.43. The molecule has 0 aliphatic heterocycles. The van der Waals surface area contributed by atoms with Crippen LogP contribution < -0.4 is 29.8 Å². The Bertz CT molecular complexity index is 1300. The van der Waals surface area contributed by atoms with Crippen molar-refractivity contribution < 1.29 is 18.9 Å². The Labute approximate surface area is 208 Å². The Balaban J connectivity index is 1.59. The van der Waals surface area contributed by atoms with E-state index in [1.165, 1.54) is 0 Å². The number of hydrazone groups is 2. The lowest BCUT2D eigenvalue weighted by Gasteiger charge is -2.10. The summed E-state index contributed by atoms with van der Waals surface area (Å²) in [5, 5.41) is 8.66. The van der Waals surface area contributed by atoms with Crippen LogP contribution in [-0.4, -0.2) is 50.8 Å². The van der Waals surface area contributed by atoms with Gasteiger partial charge in [0.1, 0.15) is 23.0 Å². The van der Waals surface area contributed by atoms with Crippen LogP contribution in [0.15, 0.2) is 70.9 Å². The Morgan fingerprint density at radius 2 is 1.06 bits per heavy atom. The molecule has 0 aliphatic rings. The fraction of sp³-hybridized carbons (Fsp3) is 0.154. The maximum absolute atomic E-state index is 5.42. The van der Waals surface area contributed by atoms with Gasteiger partial charge in [0.05, 0.1) is 51.9 Å². The van der Waals surface area contributed by atoms with Gasteiger partial charge in [0, 0.05) is 23.3 Å². The van der Waals surface area contributed by atoms with Crippen LogP contribution in [0, 0.1) is 0 Å². The number of rotatable bonds is 10. The summed E-state index contributed by atoms with van der Waals surface area (Å²) in [6.45, 7) is 0. The molecule has 0 fully saturated rings. The number of methoxy groups -OCH3 is 4. The second-order valence-corrected chi connectivity index (χ2v) is 7.37. The van der Waals surface area contributed by atoms with E-state index >= 15 is 0 Å². The maximum Gasteiger partial charge on any atom is 0.192 e. The van der Waals surface area contributed by atoms with E-state index in [1.807, 2.05) is 48.5 Å². The minimum atomic E-state index is 0.399. The highest BCUT2D eigenvalue weighted by Gasteiger charge is 2.09. The number of nitrogens with zero attached hydrogens (tertiary/aromatic N) is 4. The van der Waals surface area contributed by atoms with Gasteiger partial charge in [0.2, 0.25) is 0 Å².